The van der Waals surface area contributed by atoms with Gasteiger partial charge in [-0.05, 0) is 35.9 Å². The van der Waals surface area contributed by atoms with Crippen LogP contribution in [0.3, 0.4) is 0 Å². The largest absolute Gasteiger partial charge is 0.452 e. The van der Waals surface area contributed by atoms with Crippen molar-refractivity contribution >= 4 is 33.5 Å². The van der Waals surface area contributed by atoms with Crippen molar-refractivity contribution in [1.82, 2.24) is 9.62 Å². The molecule has 0 atom stereocenters. The number of nitrogens with one attached hydrogen (secondary N) is 1. The van der Waals surface area contributed by atoms with E-state index in [0.717, 1.165) is 6.07 Å². The molecule has 0 spiro atoms. The Balaban J connectivity index is 1.60. The molecular formula is C20H20ClFN2O6S. The first-order chi connectivity index (χ1) is 14.8. The van der Waals surface area contributed by atoms with Gasteiger partial charge in [0.05, 0.1) is 23.8 Å². The summed E-state index contributed by atoms with van der Waals surface area (Å²) in [6.07, 6.45) is 0. The Hall–Kier alpha value is -2.53. The Labute approximate surface area is 183 Å². The molecule has 1 saturated heterocycles. The molecule has 0 bridgehead atoms. The van der Waals surface area contributed by atoms with E-state index in [1.54, 1.807) is 0 Å². The fourth-order valence-electron chi connectivity index (χ4n) is 2.82. The summed E-state index contributed by atoms with van der Waals surface area (Å²) in [5, 5.41) is 2.51. The van der Waals surface area contributed by atoms with E-state index in [2.05, 4.69) is 5.32 Å². The summed E-state index contributed by atoms with van der Waals surface area (Å²) in [5.41, 5.74) is 0.624. The van der Waals surface area contributed by atoms with Crippen LogP contribution in [0.4, 0.5) is 4.39 Å². The van der Waals surface area contributed by atoms with Gasteiger partial charge in [0.1, 0.15) is 10.7 Å². The maximum absolute atomic E-state index is 12.9. The minimum Gasteiger partial charge on any atom is -0.452 e. The molecule has 0 aliphatic carbocycles. The van der Waals surface area contributed by atoms with Gasteiger partial charge in [0.25, 0.3) is 5.91 Å². The highest BCUT2D eigenvalue weighted by atomic mass is 35.5. The number of benzene rings is 2. The van der Waals surface area contributed by atoms with Gasteiger partial charge in [0.2, 0.25) is 10.0 Å². The van der Waals surface area contributed by atoms with Crippen LogP contribution in [0.25, 0.3) is 0 Å². The molecule has 2 aromatic rings. The monoisotopic (exact) mass is 470 g/mol. The normalized spacial score (nSPS) is 14.8. The van der Waals surface area contributed by atoms with Crippen LogP contribution in [0, 0.1) is 5.82 Å². The highest BCUT2D eigenvalue weighted by Gasteiger charge is 2.29. The number of amides is 1. The van der Waals surface area contributed by atoms with Crippen LogP contribution in [-0.2, 0) is 30.8 Å². The summed E-state index contributed by atoms with van der Waals surface area (Å²) in [7, 11) is -3.91. The van der Waals surface area contributed by atoms with Crippen LogP contribution < -0.4 is 5.32 Å². The van der Waals surface area contributed by atoms with Crippen LogP contribution >= 0.6 is 11.6 Å². The molecule has 31 heavy (non-hydrogen) atoms. The molecule has 166 valence electrons. The molecule has 1 aliphatic rings. The highest BCUT2D eigenvalue weighted by molar-refractivity contribution is 7.89. The summed E-state index contributed by atoms with van der Waals surface area (Å²) in [5.74, 6) is -1.82. The Morgan fingerprint density at radius 1 is 1.13 bits per heavy atom. The van der Waals surface area contributed by atoms with Crippen molar-refractivity contribution in [3.63, 3.8) is 0 Å². The minimum atomic E-state index is -3.91. The smallest absolute Gasteiger partial charge is 0.338 e. The lowest BCUT2D eigenvalue weighted by Crippen LogP contribution is -2.40. The van der Waals surface area contributed by atoms with Crippen molar-refractivity contribution in [2.45, 2.75) is 11.4 Å². The number of hydrogen-bond acceptors (Lipinski definition) is 6. The molecule has 3 rings (SSSR count). The quantitative estimate of drug-likeness (QED) is 0.621. The zero-order valence-corrected chi connectivity index (χ0v) is 17.9. The molecule has 1 aliphatic heterocycles. The van der Waals surface area contributed by atoms with Gasteiger partial charge in [-0.1, -0.05) is 23.7 Å². The van der Waals surface area contributed by atoms with Crippen molar-refractivity contribution in [3.8, 4) is 0 Å². The fraction of sp³-hybridized carbons (Fsp3) is 0.300. The third-order valence-corrected chi connectivity index (χ3v) is 6.87. The molecule has 11 heteroatoms. The van der Waals surface area contributed by atoms with Crippen molar-refractivity contribution in [3.05, 3.63) is 64.4 Å². The van der Waals surface area contributed by atoms with E-state index in [9.17, 15) is 22.4 Å². The van der Waals surface area contributed by atoms with E-state index in [-0.39, 0.29) is 54.1 Å². The van der Waals surface area contributed by atoms with Crippen molar-refractivity contribution in [2.75, 3.05) is 32.9 Å². The van der Waals surface area contributed by atoms with Gasteiger partial charge in [-0.15, -0.1) is 0 Å². The number of carbonyl (C=O) groups is 2. The third-order valence-electron chi connectivity index (χ3n) is 4.49. The van der Waals surface area contributed by atoms with Gasteiger partial charge in [-0.3, -0.25) is 4.79 Å². The van der Waals surface area contributed by atoms with Gasteiger partial charge in [-0.2, -0.15) is 4.31 Å². The molecule has 2 aromatic carbocycles. The van der Waals surface area contributed by atoms with E-state index in [0.29, 0.717) is 5.56 Å². The Morgan fingerprint density at radius 3 is 2.48 bits per heavy atom. The SMILES string of the molecule is O=C(COC(=O)c1ccc(Cl)c(S(=O)(=O)N2CCOCC2)c1)NCc1ccc(F)cc1. The molecule has 1 N–H and O–H groups in total. The number of ether oxygens (including phenoxy) is 2. The summed E-state index contributed by atoms with van der Waals surface area (Å²) in [6, 6.07) is 9.32. The number of nitrogens with zero attached hydrogens (tertiary/aromatic N) is 1. The number of esters is 1. The van der Waals surface area contributed by atoms with Crippen LogP contribution in [0.5, 0.6) is 0 Å². The van der Waals surface area contributed by atoms with Gasteiger partial charge >= 0.3 is 5.97 Å². The lowest BCUT2D eigenvalue weighted by Gasteiger charge is -2.26. The lowest BCUT2D eigenvalue weighted by molar-refractivity contribution is -0.124. The first kappa shape index (κ1) is 23.1. The van der Waals surface area contributed by atoms with Gasteiger partial charge in [0, 0.05) is 19.6 Å². The molecule has 8 nitrogen and oxygen atoms in total. The highest BCUT2D eigenvalue weighted by Crippen LogP contribution is 2.26. The Bertz CT molecular complexity index is 1060. The maximum atomic E-state index is 12.9. The zero-order chi connectivity index (χ0) is 22.4. The molecule has 0 aromatic heterocycles. The number of sulfonamides is 1. The molecule has 0 unspecified atom stereocenters. The zero-order valence-electron chi connectivity index (χ0n) is 16.3. The van der Waals surface area contributed by atoms with E-state index >= 15 is 0 Å². The van der Waals surface area contributed by atoms with E-state index in [1.807, 2.05) is 0 Å². The summed E-state index contributed by atoms with van der Waals surface area (Å²) < 4.78 is 49.9. The Kier molecular flexibility index (Phi) is 7.60. The van der Waals surface area contributed by atoms with Gasteiger partial charge in [0.15, 0.2) is 6.61 Å². The number of halogens is 2. The third kappa shape index (κ3) is 6.01. The van der Waals surface area contributed by atoms with Crippen molar-refractivity contribution in [2.24, 2.45) is 0 Å². The summed E-state index contributed by atoms with van der Waals surface area (Å²) >= 11 is 6.06. The van der Waals surface area contributed by atoms with E-state index < -0.39 is 28.5 Å². The van der Waals surface area contributed by atoms with Gasteiger partial charge in [-0.25, -0.2) is 17.6 Å². The topological polar surface area (TPSA) is 102 Å². The van der Waals surface area contributed by atoms with Crippen LogP contribution in [0.2, 0.25) is 5.02 Å². The van der Waals surface area contributed by atoms with Crippen molar-refractivity contribution < 1.29 is 31.9 Å². The van der Waals surface area contributed by atoms with Crippen molar-refractivity contribution in [1.29, 1.82) is 0 Å². The predicted octanol–water partition coefficient (Wildman–Crippen LogP) is 1.97. The average molecular weight is 471 g/mol. The molecule has 0 saturated carbocycles. The molecule has 1 heterocycles. The number of carbonyl (C=O) groups excluding carboxylic acids is 2. The second kappa shape index (κ2) is 10.2. The van der Waals surface area contributed by atoms with Crippen LogP contribution in [0.15, 0.2) is 47.4 Å². The van der Waals surface area contributed by atoms with E-state index in [1.165, 1.54) is 40.7 Å². The standard InChI is InChI=1S/C20H20ClFN2O6S/c21-17-6-3-15(11-18(17)31(27,28)24-7-9-29-10-8-24)20(26)30-13-19(25)23-12-14-1-4-16(22)5-2-14/h1-6,11H,7-10,12-13H2,(H,23,25). The average Bonchev–Trinajstić information content (AvgIpc) is 2.78. The first-order valence-electron chi connectivity index (χ1n) is 9.33. The molecule has 1 amide bonds. The van der Waals surface area contributed by atoms with Crippen LogP contribution in [0.1, 0.15) is 15.9 Å². The second-order valence-corrected chi connectivity index (χ2v) is 8.95. The summed E-state index contributed by atoms with van der Waals surface area (Å²) in [4.78, 5) is 24.0. The first-order valence-corrected chi connectivity index (χ1v) is 11.1. The number of hydrogen-bond donors (Lipinski definition) is 1. The van der Waals surface area contributed by atoms with Gasteiger partial charge < -0.3 is 14.8 Å². The maximum Gasteiger partial charge on any atom is 0.338 e. The van der Waals surface area contributed by atoms with E-state index in [4.69, 9.17) is 21.1 Å². The number of morpholine rings is 1. The second-order valence-electron chi connectivity index (χ2n) is 6.64. The molecule has 1 fully saturated rings. The minimum absolute atomic E-state index is 0.0277. The molecular weight excluding hydrogens is 451 g/mol. The predicted molar refractivity (Wildman–Crippen MR) is 110 cm³/mol. The summed E-state index contributed by atoms with van der Waals surface area (Å²) in [6.45, 7) is 0.480. The van der Waals surface area contributed by atoms with Crippen LogP contribution in [-0.4, -0.2) is 57.5 Å². The number of rotatable bonds is 7. The lowest BCUT2D eigenvalue weighted by atomic mass is 10.2. The Morgan fingerprint density at radius 2 is 1.81 bits per heavy atom. The fourth-order valence-corrected chi connectivity index (χ4v) is 4.73. The molecule has 0 radical (unpaired) electrons.